The Hall–Kier alpha value is -0.0400. The first-order chi connectivity index (χ1) is 8.77. The molecule has 0 aromatic rings. The van der Waals surface area contributed by atoms with Gasteiger partial charge in [0, 0.05) is 6.04 Å². The maximum atomic E-state index is 3.91. The van der Waals surface area contributed by atoms with E-state index in [1.165, 1.54) is 25.8 Å². The van der Waals surface area contributed by atoms with Crippen molar-refractivity contribution in [2.45, 2.75) is 70.8 Å². The minimum absolute atomic E-state index is 0.730. The maximum absolute atomic E-state index is 3.91. The van der Waals surface area contributed by atoms with Crippen LogP contribution in [0.2, 0.25) is 0 Å². The number of rotatable bonds is 5. The Morgan fingerprint density at radius 2 is 1.56 bits per heavy atom. The molecule has 5 aliphatic rings. The van der Waals surface area contributed by atoms with Gasteiger partial charge in [-0.25, -0.2) is 0 Å². The molecule has 0 aromatic carbocycles. The van der Waals surface area contributed by atoms with Crippen molar-refractivity contribution in [3.05, 3.63) is 0 Å². The van der Waals surface area contributed by atoms with Crippen LogP contribution in [0.25, 0.3) is 0 Å². The van der Waals surface area contributed by atoms with Gasteiger partial charge in [-0.05, 0) is 80.6 Å². The third kappa shape index (κ3) is 1.94. The third-order valence-corrected chi connectivity index (χ3v) is 6.54. The Morgan fingerprint density at radius 3 is 2.00 bits per heavy atom. The summed E-state index contributed by atoms with van der Waals surface area (Å²) in [7, 11) is 0. The van der Waals surface area contributed by atoms with E-state index in [2.05, 4.69) is 12.2 Å². The first-order valence-corrected chi connectivity index (χ1v) is 8.51. The van der Waals surface area contributed by atoms with Crippen molar-refractivity contribution in [3.8, 4) is 0 Å². The summed E-state index contributed by atoms with van der Waals surface area (Å²) in [5.74, 6) is 4.41. The topological polar surface area (TPSA) is 12.0 Å². The molecule has 5 saturated carbocycles. The smallest absolute Gasteiger partial charge is 0.0126 e. The first kappa shape index (κ1) is 11.8. The van der Waals surface area contributed by atoms with Gasteiger partial charge in [0.2, 0.25) is 0 Å². The van der Waals surface area contributed by atoms with Gasteiger partial charge < -0.3 is 5.32 Å². The highest BCUT2D eigenvalue weighted by Crippen LogP contribution is 2.62. The predicted molar refractivity (Wildman–Crippen MR) is 75.4 cm³/mol. The van der Waals surface area contributed by atoms with Gasteiger partial charge in [-0.2, -0.15) is 0 Å². The molecule has 0 heterocycles. The monoisotopic (exact) mass is 247 g/mol. The molecule has 1 nitrogen and oxygen atoms in total. The molecule has 18 heavy (non-hydrogen) atoms. The Bertz CT molecular complexity index is 282. The van der Waals surface area contributed by atoms with E-state index in [-0.39, 0.29) is 0 Å². The van der Waals surface area contributed by atoms with Crippen molar-refractivity contribution in [1.29, 1.82) is 0 Å². The molecule has 5 aliphatic carbocycles. The molecule has 0 aliphatic heterocycles. The summed E-state index contributed by atoms with van der Waals surface area (Å²) < 4.78 is 0. The second-order valence-corrected chi connectivity index (χ2v) is 8.07. The lowest BCUT2D eigenvalue weighted by atomic mass is 9.47. The van der Waals surface area contributed by atoms with E-state index in [4.69, 9.17) is 0 Å². The first-order valence-electron chi connectivity index (χ1n) is 8.51. The fourth-order valence-electron chi connectivity index (χ4n) is 6.09. The predicted octanol–water partition coefficient (Wildman–Crippen LogP) is 3.98. The largest absolute Gasteiger partial charge is 0.314 e. The highest BCUT2D eigenvalue weighted by atomic mass is 14.9. The van der Waals surface area contributed by atoms with Gasteiger partial charge in [0.25, 0.3) is 0 Å². The molecule has 4 bridgehead atoms. The van der Waals surface area contributed by atoms with Gasteiger partial charge in [0.15, 0.2) is 0 Å². The van der Waals surface area contributed by atoms with Crippen LogP contribution >= 0.6 is 0 Å². The Balaban J connectivity index is 1.55. The molecule has 1 unspecified atom stereocenters. The molecule has 0 amide bonds. The van der Waals surface area contributed by atoms with E-state index in [1.807, 2.05) is 0 Å². The maximum Gasteiger partial charge on any atom is 0.0126 e. The van der Waals surface area contributed by atoms with E-state index in [0.29, 0.717) is 0 Å². The Morgan fingerprint density at radius 1 is 1.00 bits per heavy atom. The zero-order chi connectivity index (χ0) is 12.2. The average molecular weight is 247 g/mol. The Labute approximate surface area is 112 Å². The van der Waals surface area contributed by atoms with Crippen LogP contribution in [0.4, 0.5) is 0 Å². The second-order valence-electron chi connectivity index (χ2n) is 8.07. The van der Waals surface area contributed by atoms with Crippen molar-refractivity contribution in [1.82, 2.24) is 5.32 Å². The molecule has 5 rings (SSSR count). The van der Waals surface area contributed by atoms with E-state index >= 15 is 0 Å². The summed E-state index contributed by atoms with van der Waals surface area (Å²) in [6.45, 7) is 3.49. The summed E-state index contributed by atoms with van der Waals surface area (Å²) in [5, 5.41) is 3.91. The van der Waals surface area contributed by atoms with Crippen LogP contribution in [-0.2, 0) is 0 Å². The van der Waals surface area contributed by atoms with Gasteiger partial charge in [-0.3, -0.25) is 0 Å². The molecule has 1 heteroatoms. The van der Waals surface area contributed by atoms with Gasteiger partial charge >= 0.3 is 0 Å². The SMILES string of the molecule is CCNC(CC1CC1)C12CC3CC(CC(C3)C1)C2. The van der Waals surface area contributed by atoms with Gasteiger partial charge in [-0.15, -0.1) is 0 Å². The normalized spacial score (nSPS) is 47.5. The average Bonchev–Trinajstić information content (AvgIpc) is 3.10. The van der Waals surface area contributed by atoms with E-state index < -0.39 is 0 Å². The third-order valence-electron chi connectivity index (χ3n) is 6.54. The van der Waals surface area contributed by atoms with E-state index in [0.717, 1.165) is 35.1 Å². The van der Waals surface area contributed by atoms with E-state index in [9.17, 15) is 0 Å². The molecular formula is C17H29N. The van der Waals surface area contributed by atoms with Crippen LogP contribution in [0.1, 0.15) is 64.7 Å². The van der Waals surface area contributed by atoms with Crippen molar-refractivity contribution in [2.24, 2.45) is 29.1 Å². The van der Waals surface area contributed by atoms with Crippen molar-refractivity contribution < 1.29 is 0 Å². The zero-order valence-electron chi connectivity index (χ0n) is 12.0. The number of hydrogen-bond donors (Lipinski definition) is 1. The van der Waals surface area contributed by atoms with Gasteiger partial charge in [0.1, 0.15) is 0 Å². The number of nitrogens with one attached hydrogen (secondary N) is 1. The Kier molecular flexibility index (Phi) is 2.76. The molecule has 0 saturated heterocycles. The molecule has 0 aromatic heterocycles. The second kappa shape index (κ2) is 4.23. The minimum Gasteiger partial charge on any atom is -0.314 e. The van der Waals surface area contributed by atoms with Crippen LogP contribution in [0.5, 0.6) is 0 Å². The lowest BCUT2D eigenvalue weighted by molar-refractivity contribution is -0.0758. The highest BCUT2D eigenvalue weighted by Gasteiger charge is 2.54. The minimum atomic E-state index is 0.730. The van der Waals surface area contributed by atoms with Crippen LogP contribution < -0.4 is 5.32 Å². The van der Waals surface area contributed by atoms with Gasteiger partial charge in [-0.1, -0.05) is 19.8 Å². The van der Waals surface area contributed by atoms with Crippen LogP contribution in [0, 0.1) is 29.1 Å². The highest BCUT2D eigenvalue weighted by molar-refractivity contribution is 5.06. The van der Waals surface area contributed by atoms with Crippen LogP contribution in [0.3, 0.4) is 0 Å². The standard InChI is InChI=1S/C17H29N/c1-2-18-16(8-12-3-4-12)17-9-13-5-14(10-17)7-15(6-13)11-17/h12-16,18H,2-11H2,1H3. The molecule has 102 valence electrons. The lowest BCUT2D eigenvalue weighted by Gasteiger charge is -2.59. The van der Waals surface area contributed by atoms with E-state index in [1.54, 1.807) is 38.5 Å². The van der Waals surface area contributed by atoms with Crippen LogP contribution in [0.15, 0.2) is 0 Å². The fraction of sp³-hybridized carbons (Fsp3) is 1.00. The molecule has 0 radical (unpaired) electrons. The molecule has 1 atom stereocenters. The zero-order valence-corrected chi connectivity index (χ0v) is 12.0. The summed E-state index contributed by atoms with van der Waals surface area (Å²) in [6, 6.07) is 0.864. The van der Waals surface area contributed by atoms with Crippen molar-refractivity contribution in [2.75, 3.05) is 6.54 Å². The van der Waals surface area contributed by atoms with Crippen LogP contribution in [-0.4, -0.2) is 12.6 Å². The summed E-state index contributed by atoms with van der Waals surface area (Å²) in [5.41, 5.74) is 0.730. The van der Waals surface area contributed by atoms with Crippen molar-refractivity contribution >= 4 is 0 Å². The quantitative estimate of drug-likeness (QED) is 0.775. The van der Waals surface area contributed by atoms with Gasteiger partial charge in [0.05, 0.1) is 0 Å². The molecule has 1 N–H and O–H groups in total. The summed E-state index contributed by atoms with van der Waals surface area (Å²) in [4.78, 5) is 0. The molecule has 5 fully saturated rings. The summed E-state index contributed by atoms with van der Waals surface area (Å²) in [6.07, 6.45) is 14.0. The lowest BCUT2D eigenvalue weighted by Crippen LogP contribution is -2.56. The fourth-order valence-corrected chi connectivity index (χ4v) is 6.09. The summed E-state index contributed by atoms with van der Waals surface area (Å²) >= 11 is 0. The molecular weight excluding hydrogens is 218 g/mol. The molecule has 0 spiro atoms. The number of hydrogen-bond acceptors (Lipinski definition) is 1. The van der Waals surface area contributed by atoms with Crippen molar-refractivity contribution in [3.63, 3.8) is 0 Å².